The Hall–Kier alpha value is -5.13. The SMILES string of the molecule is CC1C(c2ccc(N(C)C)cc2)C(C(=O)c2ccccc2)C2(C(=O)Nc3ccccc32)N1C(=O)c1cc(C(F)(F)F)cc(C(F)(F)F)c1. The van der Waals surface area contributed by atoms with Gasteiger partial charge in [-0.05, 0) is 48.9 Å². The fourth-order valence-corrected chi connectivity index (χ4v) is 7.15. The molecule has 4 unspecified atom stereocenters. The number of halogens is 6. The number of Topliss-reactive ketones (excluding diaryl/α,β-unsaturated/α-hetero) is 1. The molecule has 1 N–H and O–H groups in total. The zero-order valence-corrected chi connectivity index (χ0v) is 25.9. The van der Waals surface area contributed by atoms with Crippen LogP contribution in [0.3, 0.4) is 0 Å². The minimum Gasteiger partial charge on any atom is -0.378 e. The normalized spacial score (nSPS) is 22.1. The number of ketones is 1. The maximum Gasteiger partial charge on any atom is 0.416 e. The van der Waals surface area contributed by atoms with Gasteiger partial charge >= 0.3 is 12.4 Å². The van der Waals surface area contributed by atoms with Crippen molar-refractivity contribution in [3.8, 4) is 0 Å². The lowest BCUT2D eigenvalue weighted by Crippen LogP contribution is -2.56. The number of hydrogen-bond donors (Lipinski definition) is 1. The van der Waals surface area contributed by atoms with Gasteiger partial charge in [0.15, 0.2) is 11.3 Å². The van der Waals surface area contributed by atoms with Crippen molar-refractivity contribution < 1.29 is 40.7 Å². The molecule has 2 heterocycles. The highest BCUT2D eigenvalue weighted by Crippen LogP contribution is 2.59. The van der Waals surface area contributed by atoms with E-state index in [9.17, 15) is 40.7 Å². The van der Waals surface area contributed by atoms with Crippen molar-refractivity contribution in [2.75, 3.05) is 24.3 Å². The summed E-state index contributed by atoms with van der Waals surface area (Å²) in [6, 6.07) is 21.0. The number of likely N-dealkylation sites (tertiary alicyclic amines) is 1. The van der Waals surface area contributed by atoms with Gasteiger partial charge in [0.1, 0.15) is 0 Å². The van der Waals surface area contributed by atoms with E-state index in [0.717, 1.165) is 10.6 Å². The molecule has 4 aromatic carbocycles. The van der Waals surface area contributed by atoms with E-state index in [1.807, 2.05) is 19.0 Å². The third kappa shape index (κ3) is 5.19. The number of nitrogens with zero attached hydrogens (tertiary/aromatic N) is 2. The molecule has 1 spiro atoms. The number of para-hydroxylation sites is 1. The number of carbonyl (C=O) groups is 3. The van der Waals surface area contributed by atoms with Gasteiger partial charge in [-0.1, -0.05) is 60.7 Å². The van der Waals surface area contributed by atoms with E-state index in [1.54, 1.807) is 79.7 Å². The molecule has 2 aliphatic heterocycles. The number of anilines is 2. The quantitative estimate of drug-likeness (QED) is 0.175. The van der Waals surface area contributed by atoms with E-state index in [2.05, 4.69) is 5.32 Å². The second kappa shape index (κ2) is 11.5. The van der Waals surface area contributed by atoms with E-state index in [0.29, 0.717) is 17.7 Å². The van der Waals surface area contributed by atoms with Gasteiger partial charge in [-0.25, -0.2) is 0 Å². The second-order valence-corrected chi connectivity index (χ2v) is 12.2. The number of carbonyl (C=O) groups excluding carboxylic acids is 3. The fourth-order valence-electron chi connectivity index (χ4n) is 7.15. The molecule has 0 bridgehead atoms. The zero-order chi connectivity index (χ0) is 34.8. The number of nitrogens with one attached hydrogen (secondary N) is 1. The van der Waals surface area contributed by atoms with Gasteiger partial charge in [0, 0.05) is 54.1 Å². The molecular formula is C36H29F6N3O3. The van der Waals surface area contributed by atoms with Gasteiger partial charge in [0.2, 0.25) is 0 Å². The predicted octanol–water partition coefficient (Wildman–Crippen LogP) is 7.77. The van der Waals surface area contributed by atoms with Crippen LogP contribution in [-0.2, 0) is 22.7 Å². The van der Waals surface area contributed by atoms with E-state index in [4.69, 9.17) is 0 Å². The average molecular weight is 666 g/mol. The van der Waals surface area contributed by atoms with Crippen molar-refractivity contribution in [2.45, 2.75) is 36.8 Å². The maximum absolute atomic E-state index is 14.7. The van der Waals surface area contributed by atoms with Gasteiger partial charge in [-0.2, -0.15) is 26.3 Å². The Bertz CT molecular complexity index is 1870. The second-order valence-electron chi connectivity index (χ2n) is 12.2. The summed E-state index contributed by atoms with van der Waals surface area (Å²) in [7, 11) is 3.66. The molecule has 1 saturated heterocycles. The van der Waals surface area contributed by atoms with Crippen LogP contribution in [0.4, 0.5) is 37.7 Å². The lowest BCUT2D eigenvalue weighted by molar-refractivity contribution is -0.143. The molecule has 1 fully saturated rings. The van der Waals surface area contributed by atoms with Crippen LogP contribution in [0.25, 0.3) is 0 Å². The molecule has 48 heavy (non-hydrogen) atoms. The molecule has 0 saturated carbocycles. The Morgan fingerprint density at radius 3 is 1.90 bits per heavy atom. The van der Waals surface area contributed by atoms with E-state index in [1.165, 1.54) is 6.07 Å². The summed E-state index contributed by atoms with van der Waals surface area (Å²) >= 11 is 0. The first-order valence-corrected chi connectivity index (χ1v) is 15.0. The first kappa shape index (κ1) is 32.8. The molecule has 6 nitrogen and oxygen atoms in total. The standard InChI is InChI=1S/C36H29F6N3O3/c1-20-29(21-13-15-26(16-14-21)44(2)3)30(31(46)22-9-5-4-6-10-22)34(27-11-7-8-12-28(27)43-33(34)48)45(20)32(47)23-17-24(35(37,38)39)19-25(18-23)36(40,41)42/h4-20,29-30H,1-3H3,(H,43,48). The van der Waals surface area contributed by atoms with E-state index in [-0.39, 0.29) is 22.9 Å². The van der Waals surface area contributed by atoms with Crippen molar-refractivity contribution in [1.82, 2.24) is 4.90 Å². The van der Waals surface area contributed by atoms with Crippen LogP contribution in [0, 0.1) is 5.92 Å². The lowest BCUT2D eigenvalue weighted by Gasteiger charge is -2.38. The molecule has 6 rings (SSSR count). The smallest absolute Gasteiger partial charge is 0.378 e. The molecule has 4 atom stereocenters. The number of hydrogen-bond acceptors (Lipinski definition) is 4. The van der Waals surface area contributed by atoms with Crippen molar-refractivity contribution in [3.05, 3.63) is 130 Å². The number of fused-ring (bicyclic) bond motifs is 2. The van der Waals surface area contributed by atoms with Crippen molar-refractivity contribution in [2.24, 2.45) is 5.92 Å². The van der Waals surface area contributed by atoms with Crippen LogP contribution < -0.4 is 10.2 Å². The van der Waals surface area contributed by atoms with Crippen molar-refractivity contribution >= 4 is 29.0 Å². The van der Waals surface area contributed by atoms with E-state index < -0.39 is 70.1 Å². The average Bonchev–Trinajstić information content (AvgIpc) is 3.49. The highest BCUT2D eigenvalue weighted by atomic mass is 19.4. The minimum absolute atomic E-state index is 0.0611. The van der Waals surface area contributed by atoms with Gasteiger partial charge in [-0.3, -0.25) is 14.4 Å². The summed E-state index contributed by atoms with van der Waals surface area (Å²) in [4.78, 5) is 46.7. The summed E-state index contributed by atoms with van der Waals surface area (Å²) in [5.41, 5.74) is -4.36. The Morgan fingerprint density at radius 2 is 1.33 bits per heavy atom. The molecule has 0 aliphatic carbocycles. The van der Waals surface area contributed by atoms with Crippen LogP contribution in [0.2, 0.25) is 0 Å². The third-order valence-corrected chi connectivity index (χ3v) is 9.24. The molecular weight excluding hydrogens is 636 g/mol. The van der Waals surface area contributed by atoms with Crippen LogP contribution >= 0.6 is 0 Å². The summed E-state index contributed by atoms with van der Waals surface area (Å²) in [6.45, 7) is 1.55. The van der Waals surface area contributed by atoms with Gasteiger partial charge in [0.25, 0.3) is 11.8 Å². The van der Waals surface area contributed by atoms with Crippen LogP contribution in [0.5, 0.6) is 0 Å². The third-order valence-electron chi connectivity index (χ3n) is 9.24. The zero-order valence-electron chi connectivity index (χ0n) is 25.9. The van der Waals surface area contributed by atoms with Gasteiger partial charge in [-0.15, -0.1) is 0 Å². The number of alkyl halides is 6. The minimum atomic E-state index is -5.22. The number of benzene rings is 4. The maximum atomic E-state index is 14.7. The Labute approximate surface area is 272 Å². The molecule has 2 aliphatic rings. The van der Waals surface area contributed by atoms with Crippen LogP contribution in [0.1, 0.15) is 55.8 Å². The largest absolute Gasteiger partial charge is 0.416 e. The highest BCUT2D eigenvalue weighted by molar-refractivity contribution is 6.15. The first-order chi connectivity index (χ1) is 22.6. The van der Waals surface area contributed by atoms with Crippen molar-refractivity contribution in [3.63, 3.8) is 0 Å². The number of rotatable bonds is 5. The Balaban J connectivity index is 1.65. The van der Waals surface area contributed by atoms with E-state index >= 15 is 0 Å². The first-order valence-electron chi connectivity index (χ1n) is 15.0. The Kier molecular flexibility index (Phi) is 7.88. The molecule has 2 amide bonds. The van der Waals surface area contributed by atoms with Crippen LogP contribution in [0.15, 0.2) is 97.1 Å². The monoisotopic (exact) mass is 665 g/mol. The summed E-state index contributed by atoms with van der Waals surface area (Å²) in [5.74, 6) is -4.83. The molecule has 0 aromatic heterocycles. The summed E-state index contributed by atoms with van der Waals surface area (Å²) in [6.07, 6.45) is -10.4. The molecule has 4 aromatic rings. The lowest BCUT2D eigenvalue weighted by atomic mass is 9.69. The molecule has 248 valence electrons. The van der Waals surface area contributed by atoms with Gasteiger partial charge < -0.3 is 15.1 Å². The van der Waals surface area contributed by atoms with Crippen molar-refractivity contribution in [1.29, 1.82) is 0 Å². The topological polar surface area (TPSA) is 69.7 Å². The highest BCUT2D eigenvalue weighted by Gasteiger charge is 2.69. The summed E-state index contributed by atoms with van der Waals surface area (Å²) in [5, 5.41) is 2.74. The fraction of sp³-hybridized carbons (Fsp3) is 0.250. The Morgan fingerprint density at radius 1 is 0.771 bits per heavy atom. The number of amides is 2. The predicted molar refractivity (Wildman–Crippen MR) is 167 cm³/mol. The molecule has 12 heteroatoms. The molecule has 0 radical (unpaired) electrons. The van der Waals surface area contributed by atoms with Gasteiger partial charge in [0.05, 0.1) is 17.0 Å². The summed E-state index contributed by atoms with van der Waals surface area (Å²) < 4.78 is 83.6. The van der Waals surface area contributed by atoms with Crippen LogP contribution in [-0.4, -0.2) is 42.6 Å².